The molecule has 9 heavy (non-hydrogen) atoms. The highest BCUT2D eigenvalue weighted by atomic mass is 16.3. The Hall–Kier alpha value is -0.660. The van der Waals surface area contributed by atoms with E-state index in [2.05, 4.69) is 6.92 Å². The summed E-state index contributed by atoms with van der Waals surface area (Å²) in [7, 11) is 0. The van der Waals surface area contributed by atoms with E-state index >= 15 is 0 Å². The summed E-state index contributed by atoms with van der Waals surface area (Å²) in [4.78, 5) is 16.2. The molecule has 54 valence electrons. The van der Waals surface area contributed by atoms with Crippen molar-refractivity contribution in [3.63, 3.8) is 0 Å². The van der Waals surface area contributed by atoms with E-state index in [-0.39, 0.29) is 6.15 Å². The quantitative estimate of drug-likeness (QED) is 0.571. The third kappa shape index (κ3) is 38.2. The average Bonchev–Trinajstić information content (AvgIpc) is 1.86. The van der Waals surface area contributed by atoms with Crippen LogP contribution >= 0.6 is 0 Å². The first kappa shape index (κ1) is 11.2. The van der Waals surface area contributed by atoms with E-state index in [1.165, 1.54) is 6.42 Å². The SMILES string of the molecule is CCCCCO.O=C=O. The fraction of sp³-hybridized carbons (Fsp3) is 0.833. The second-order valence-corrected chi connectivity index (χ2v) is 1.51. The molecule has 0 saturated heterocycles. The second-order valence-electron chi connectivity index (χ2n) is 1.51. The zero-order valence-electron chi connectivity index (χ0n) is 5.59. The predicted octanol–water partition coefficient (Wildman–Crippen LogP) is 0.585. The highest BCUT2D eigenvalue weighted by Crippen LogP contribution is 1.89. The number of hydrogen-bond acceptors (Lipinski definition) is 3. The number of unbranched alkanes of at least 4 members (excludes halogenated alkanes) is 2. The lowest BCUT2D eigenvalue weighted by Gasteiger charge is -1.85. The molecule has 0 radical (unpaired) electrons. The molecule has 0 saturated carbocycles. The van der Waals surface area contributed by atoms with Gasteiger partial charge in [0.15, 0.2) is 0 Å². The van der Waals surface area contributed by atoms with Crippen molar-refractivity contribution in [3.8, 4) is 0 Å². The van der Waals surface area contributed by atoms with Crippen LogP contribution in [0.1, 0.15) is 26.2 Å². The maximum absolute atomic E-state index is 8.20. The van der Waals surface area contributed by atoms with Crippen molar-refractivity contribution in [2.75, 3.05) is 6.61 Å². The largest absolute Gasteiger partial charge is 0.396 e. The number of hydrogen-bond donors (Lipinski definition) is 1. The monoisotopic (exact) mass is 132 g/mol. The Morgan fingerprint density at radius 3 is 1.89 bits per heavy atom. The van der Waals surface area contributed by atoms with Gasteiger partial charge in [-0.2, -0.15) is 9.59 Å². The van der Waals surface area contributed by atoms with Gasteiger partial charge in [0.05, 0.1) is 0 Å². The zero-order chi connectivity index (χ0) is 7.54. The number of carbonyl (C=O) groups excluding carboxylic acids is 2. The Morgan fingerprint density at radius 2 is 1.78 bits per heavy atom. The minimum atomic E-state index is 0.250. The van der Waals surface area contributed by atoms with Crippen LogP contribution in [0.3, 0.4) is 0 Å². The van der Waals surface area contributed by atoms with Crippen molar-refractivity contribution in [3.05, 3.63) is 0 Å². The van der Waals surface area contributed by atoms with Gasteiger partial charge in [0, 0.05) is 6.61 Å². The van der Waals surface area contributed by atoms with Crippen LogP contribution in [0.5, 0.6) is 0 Å². The first-order valence-electron chi connectivity index (χ1n) is 2.93. The van der Waals surface area contributed by atoms with Gasteiger partial charge in [-0.05, 0) is 6.42 Å². The summed E-state index contributed by atoms with van der Waals surface area (Å²) in [6.45, 7) is 2.48. The van der Waals surface area contributed by atoms with E-state index in [1.807, 2.05) is 0 Å². The molecule has 0 amide bonds. The highest BCUT2D eigenvalue weighted by Gasteiger charge is 1.76. The van der Waals surface area contributed by atoms with Gasteiger partial charge in [-0.1, -0.05) is 19.8 Å². The Bertz CT molecular complexity index is 60.7. The summed E-state index contributed by atoms with van der Waals surface area (Å²) in [6, 6.07) is 0. The van der Waals surface area contributed by atoms with Gasteiger partial charge in [0.1, 0.15) is 0 Å². The van der Waals surface area contributed by atoms with Crippen molar-refractivity contribution in [2.24, 2.45) is 0 Å². The highest BCUT2D eigenvalue weighted by molar-refractivity contribution is 5.20. The van der Waals surface area contributed by atoms with Gasteiger partial charge < -0.3 is 5.11 Å². The van der Waals surface area contributed by atoms with E-state index < -0.39 is 0 Å². The summed E-state index contributed by atoms with van der Waals surface area (Å²) in [6.07, 6.45) is 3.58. The van der Waals surface area contributed by atoms with E-state index in [9.17, 15) is 0 Å². The van der Waals surface area contributed by atoms with Crippen molar-refractivity contribution < 1.29 is 14.7 Å². The average molecular weight is 132 g/mol. The van der Waals surface area contributed by atoms with Crippen molar-refractivity contribution in [1.29, 1.82) is 0 Å². The minimum absolute atomic E-state index is 0.250. The molecule has 0 aromatic carbocycles. The van der Waals surface area contributed by atoms with Gasteiger partial charge in [0.2, 0.25) is 0 Å². The first-order chi connectivity index (χ1) is 4.33. The molecule has 0 unspecified atom stereocenters. The molecule has 0 aliphatic heterocycles. The maximum Gasteiger partial charge on any atom is 0.373 e. The molecule has 0 aromatic heterocycles. The Kier molecular flexibility index (Phi) is 19.5. The molecule has 0 rings (SSSR count). The third-order valence-corrected chi connectivity index (χ3v) is 0.762. The zero-order valence-corrected chi connectivity index (χ0v) is 5.59. The summed E-state index contributed by atoms with van der Waals surface area (Å²) in [5, 5.41) is 8.20. The molecule has 0 atom stereocenters. The van der Waals surface area contributed by atoms with Crippen LogP contribution in [0.4, 0.5) is 0 Å². The van der Waals surface area contributed by atoms with Gasteiger partial charge >= 0.3 is 6.15 Å². The van der Waals surface area contributed by atoms with E-state index in [1.54, 1.807) is 0 Å². The molecule has 0 heterocycles. The fourth-order valence-electron chi connectivity index (χ4n) is 0.362. The van der Waals surface area contributed by atoms with Gasteiger partial charge in [-0.25, -0.2) is 0 Å². The van der Waals surface area contributed by atoms with Crippen LogP contribution in [0, 0.1) is 0 Å². The Morgan fingerprint density at radius 1 is 1.33 bits per heavy atom. The van der Waals surface area contributed by atoms with Crippen molar-refractivity contribution in [2.45, 2.75) is 26.2 Å². The van der Waals surface area contributed by atoms with Gasteiger partial charge in [-0.3, -0.25) is 0 Å². The number of aliphatic hydroxyl groups excluding tert-OH is 1. The summed E-state index contributed by atoms with van der Waals surface area (Å²) >= 11 is 0. The molecular formula is C6H12O3. The molecule has 0 aromatic rings. The lowest BCUT2D eigenvalue weighted by molar-refractivity contribution is -0.191. The van der Waals surface area contributed by atoms with Gasteiger partial charge in [-0.15, -0.1) is 0 Å². The van der Waals surface area contributed by atoms with Crippen molar-refractivity contribution >= 4 is 6.15 Å². The molecule has 0 fully saturated rings. The van der Waals surface area contributed by atoms with Gasteiger partial charge in [0.25, 0.3) is 0 Å². The molecule has 0 aliphatic rings. The van der Waals surface area contributed by atoms with E-state index in [0.29, 0.717) is 6.61 Å². The molecule has 3 nitrogen and oxygen atoms in total. The topological polar surface area (TPSA) is 54.4 Å². The van der Waals surface area contributed by atoms with Crippen LogP contribution in [0.25, 0.3) is 0 Å². The molecule has 0 bridgehead atoms. The summed E-state index contributed by atoms with van der Waals surface area (Å²) < 4.78 is 0. The Balaban J connectivity index is 0. The molecule has 1 N–H and O–H groups in total. The van der Waals surface area contributed by atoms with Crippen LogP contribution in [-0.4, -0.2) is 17.9 Å². The molecule has 3 heteroatoms. The maximum atomic E-state index is 8.20. The number of aliphatic hydroxyl groups is 1. The fourth-order valence-corrected chi connectivity index (χ4v) is 0.362. The summed E-state index contributed by atoms with van der Waals surface area (Å²) in [5.41, 5.74) is 0. The van der Waals surface area contributed by atoms with Crippen LogP contribution < -0.4 is 0 Å². The smallest absolute Gasteiger partial charge is 0.373 e. The van der Waals surface area contributed by atoms with Crippen LogP contribution in [0.2, 0.25) is 0 Å². The van der Waals surface area contributed by atoms with E-state index in [4.69, 9.17) is 14.7 Å². The molecule has 0 aliphatic carbocycles. The Labute approximate surface area is 54.7 Å². The second kappa shape index (κ2) is 15.7. The normalized spacial score (nSPS) is 6.89. The van der Waals surface area contributed by atoms with Crippen LogP contribution in [0.15, 0.2) is 0 Å². The lowest BCUT2D eigenvalue weighted by atomic mass is 10.3. The summed E-state index contributed by atoms with van der Waals surface area (Å²) in [5.74, 6) is 0. The van der Waals surface area contributed by atoms with Crippen molar-refractivity contribution in [1.82, 2.24) is 0 Å². The molecular weight excluding hydrogens is 120 g/mol. The standard InChI is InChI=1S/C5H12O.CO2/c1-2-3-4-5-6;2-1-3/h6H,2-5H2,1H3;. The van der Waals surface area contributed by atoms with E-state index in [0.717, 1.165) is 12.8 Å². The van der Waals surface area contributed by atoms with Crippen LogP contribution in [-0.2, 0) is 9.59 Å². The number of rotatable bonds is 3. The first-order valence-corrected chi connectivity index (χ1v) is 2.93. The third-order valence-electron chi connectivity index (χ3n) is 0.762. The molecule has 0 spiro atoms. The lowest BCUT2D eigenvalue weighted by Crippen LogP contribution is -1.78. The minimum Gasteiger partial charge on any atom is -0.396 e. The predicted molar refractivity (Wildman–Crippen MR) is 31.6 cm³/mol.